The molecule has 100 valence electrons. The number of nitrogens with zero attached hydrogens (tertiary/aromatic N) is 1. The highest BCUT2D eigenvalue weighted by atomic mass is 32.1. The van der Waals surface area contributed by atoms with Crippen molar-refractivity contribution in [1.29, 1.82) is 0 Å². The van der Waals surface area contributed by atoms with Crippen LogP contribution in [0, 0.1) is 0 Å². The second-order valence-electron chi connectivity index (χ2n) is 5.29. The summed E-state index contributed by atoms with van der Waals surface area (Å²) < 4.78 is 0. The van der Waals surface area contributed by atoms with Crippen LogP contribution in [0.2, 0.25) is 0 Å². The van der Waals surface area contributed by atoms with Crippen LogP contribution in [0.15, 0.2) is 35.8 Å². The van der Waals surface area contributed by atoms with Gasteiger partial charge in [0.15, 0.2) is 0 Å². The number of hydrogen-bond donors (Lipinski definition) is 1. The Hall–Kier alpha value is -1.19. The summed E-state index contributed by atoms with van der Waals surface area (Å²) in [5.41, 5.74) is 3.09. The van der Waals surface area contributed by atoms with Gasteiger partial charge in [-0.2, -0.15) is 0 Å². The summed E-state index contributed by atoms with van der Waals surface area (Å²) in [4.78, 5) is 4.38. The standard InChI is InChI=1S/C16H20N2S/c1-12(16-17-9-10-19-16)18-11-14-7-4-6-13-5-2-3-8-15(13)14/h2-3,5,8-10,12,14,18H,4,6-7,11H2,1H3. The Morgan fingerprint density at radius 3 is 3.16 bits per heavy atom. The van der Waals surface area contributed by atoms with Crippen molar-refractivity contribution in [1.82, 2.24) is 10.3 Å². The number of aromatic nitrogens is 1. The Labute approximate surface area is 118 Å². The van der Waals surface area contributed by atoms with E-state index < -0.39 is 0 Å². The van der Waals surface area contributed by atoms with E-state index in [0.717, 1.165) is 6.54 Å². The van der Waals surface area contributed by atoms with Crippen molar-refractivity contribution in [3.05, 3.63) is 52.0 Å². The lowest BCUT2D eigenvalue weighted by atomic mass is 9.83. The normalized spacial score (nSPS) is 19.9. The van der Waals surface area contributed by atoms with Gasteiger partial charge < -0.3 is 5.32 Å². The largest absolute Gasteiger partial charge is 0.308 e. The molecule has 3 heteroatoms. The number of benzene rings is 1. The maximum Gasteiger partial charge on any atom is 0.109 e. The predicted octanol–water partition coefficient (Wildman–Crippen LogP) is 3.91. The van der Waals surface area contributed by atoms with Crippen LogP contribution >= 0.6 is 11.3 Å². The first-order valence-electron chi connectivity index (χ1n) is 7.05. The fourth-order valence-electron chi connectivity index (χ4n) is 2.92. The lowest BCUT2D eigenvalue weighted by Gasteiger charge is -2.26. The number of hydrogen-bond acceptors (Lipinski definition) is 3. The van der Waals surface area contributed by atoms with E-state index in [1.165, 1.54) is 24.3 Å². The first kappa shape index (κ1) is 12.8. The molecule has 1 aromatic carbocycles. The fraction of sp³-hybridized carbons (Fsp3) is 0.438. The van der Waals surface area contributed by atoms with E-state index in [4.69, 9.17) is 0 Å². The van der Waals surface area contributed by atoms with Gasteiger partial charge in [0.1, 0.15) is 5.01 Å². The van der Waals surface area contributed by atoms with Crippen molar-refractivity contribution < 1.29 is 0 Å². The van der Waals surface area contributed by atoms with Crippen molar-refractivity contribution >= 4 is 11.3 Å². The lowest BCUT2D eigenvalue weighted by molar-refractivity contribution is 0.472. The van der Waals surface area contributed by atoms with E-state index in [-0.39, 0.29) is 0 Å². The first-order chi connectivity index (χ1) is 9.34. The molecule has 19 heavy (non-hydrogen) atoms. The Bertz CT molecular complexity index is 521. The minimum atomic E-state index is 0.356. The van der Waals surface area contributed by atoms with Crippen molar-refractivity contribution in [3.63, 3.8) is 0 Å². The van der Waals surface area contributed by atoms with Gasteiger partial charge in [0.25, 0.3) is 0 Å². The quantitative estimate of drug-likeness (QED) is 0.912. The second-order valence-corrected chi connectivity index (χ2v) is 6.21. The lowest BCUT2D eigenvalue weighted by Crippen LogP contribution is -2.26. The van der Waals surface area contributed by atoms with Crippen LogP contribution in [0.25, 0.3) is 0 Å². The van der Waals surface area contributed by atoms with Crippen molar-refractivity contribution in [2.75, 3.05) is 6.54 Å². The molecule has 1 aliphatic carbocycles. The summed E-state index contributed by atoms with van der Waals surface area (Å²) in [6, 6.07) is 9.27. The third-order valence-electron chi connectivity index (χ3n) is 3.99. The number of thiazole rings is 1. The van der Waals surface area contributed by atoms with E-state index in [9.17, 15) is 0 Å². The molecule has 0 bridgehead atoms. The Morgan fingerprint density at radius 2 is 2.32 bits per heavy atom. The molecule has 1 heterocycles. The summed E-state index contributed by atoms with van der Waals surface area (Å²) in [5.74, 6) is 0.660. The van der Waals surface area contributed by atoms with Crippen LogP contribution in [0.3, 0.4) is 0 Å². The Kier molecular flexibility index (Phi) is 3.95. The zero-order chi connectivity index (χ0) is 13.1. The minimum absolute atomic E-state index is 0.356. The van der Waals surface area contributed by atoms with E-state index in [1.807, 2.05) is 11.6 Å². The Morgan fingerprint density at radius 1 is 1.42 bits per heavy atom. The number of aryl methyl sites for hydroxylation is 1. The van der Waals surface area contributed by atoms with Crippen LogP contribution in [0.1, 0.15) is 47.9 Å². The first-order valence-corrected chi connectivity index (χ1v) is 7.93. The molecular weight excluding hydrogens is 252 g/mol. The highest BCUT2D eigenvalue weighted by Gasteiger charge is 2.20. The molecule has 0 saturated carbocycles. The molecule has 1 N–H and O–H groups in total. The highest BCUT2D eigenvalue weighted by Crippen LogP contribution is 2.31. The molecule has 1 aromatic heterocycles. The molecule has 2 aromatic rings. The fourth-order valence-corrected chi connectivity index (χ4v) is 3.59. The van der Waals surface area contributed by atoms with Gasteiger partial charge in [0, 0.05) is 18.1 Å². The van der Waals surface area contributed by atoms with Crippen LogP contribution in [-0.4, -0.2) is 11.5 Å². The zero-order valence-corrected chi connectivity index (χ0v) is 12.1. The second kappa shape index (κ2) is 5.85. The van der Waals surface area contributed by atoms with Gasteiger partial charge in [-0.05, 0) is 43.2 Å². The van der Waals surface area contributed by atoms with Gasteiger partial charge >= 0.3 is 0 Å². The van der Waals surface area contributed by atoms with Crippen LogP contribution in [-0.2, 0) is 6.42 Å². The SMILES string of the molecule is CC(NCC1CCCc2ccccc21)c1nccs1. The monoisotopic (exact) mass is 272 g/mol. The predicted molar refractivity (Wildman–Crippen MR) is 80.7 cm³/mol. The van der Waals surface area contributed by atoms with Gasteiger partial charge in [-0.15, -0.1) is 11.3 Å². The number of rotatable bonds is 4. The van der Waals surface area contributed by atoms with Crippen molar-refractivity contribution in [3.8, 4) is 0 Å². The van der Waals surface area contributed by atoms with E-state index in [1.54, 1.807) is 22.5 Å². The van der Waals surface area contributed by atoms with Crippen LogP contribution in [0.4, 0.5) is 0 Å². The molecule has 0 spiro atoms. The number of fused-ring (bicyclic) bond motifs is 1. The van der Waals surface area contributed by atoms with Gasteiger partial charge in [0.05, 0.1) is 6.04 Å². The van der Waals surface area contributed by atoms with Gasteiger partial charge in [0.2, 0.25) is 0 Å². The average molecular weight is 272 g/mol. The van der Waals surface area contributed by atoms with Gasteiger partial charge in [-0.25, -0.2) is 4.98 Å². The van der Waals surface area contributed by atoms with Crippen molar-refractivity contribution in [2.45, 2.75) is 38.1 Å². The summed E-state index contributed by atoms with van der Waals surface area (Å²) in [5, 5.41) is 6.87. The summed E-state index contributed by atoms with van der Waals surface area (Å²) >= 11 is 1.73. The molecule has 0 amide bonds. The topological polar surface area (TPSA) is 24.9 Å². The molecule has 0 saturated heterocycles. The van der Waals surface area contributed by atoms with Gasteiger partial charge in [-0.3, -0.25) is 0 Å². The summed E-state index contributed by atoms with van der Waals surface area (Å²) in [6.07, 6.45) is 5.74. The van der Waals surface area contributed by atoms with Crippen LogP contribution < -0.4 is 5.32 Å². The third kappa shape index (κ3) is 2.88. The van der Waals surface area contributed by atoms with E-state index >= 15 is 0 Å². The molecule has 3 rings (SSSR count). The molecule has 2 atom stereocenters. The number of nitrogens with one attached hydrogen (secondary N) is 1. The molecule has 2 nitrogen and oxygen atoms in total. The van der Waals surface area contributed by atoms with Crippen molar-refractivity contribution in [2.24, 2.45) is 0 Å². The van der Waals surface area contributed by atoms with Crippen LogP contribution in [0.5, 0.6) is 0 Å². The maximum atomic E-state index is 4.38. The van der Waals surface area contributed by atoms with E-state index in [2.05, 4.69) is 41.5 Å². The molecule has 0 aliphatic heterocycles. The molecule has 1 aliphatic rings. The Balaban J connectivity index is 1.65. The van der Waals surface area contributed by atoms with Gasteiger partial charge in [-0.1, -0.05) is 24.3 Å². The smallest absolute Gasteiger partial charge is 0.109 e. The summed E-state index contributed by atoms with van der Waals surface area (Å²) in [7, 11) is 0. The molecule has 2 unspecified atom stereocenters. The molecule has 0 radical (unpaired) electrons. The zero-order valence-electron chi connectivity index (χ0n) is 11.3. The average Bonchev–Trinajstić information content (AvgIpc) is 2.99. The third-order valence-corrected chi connectivity index (χ3v) is 4.94. The highest BCUT2D eigenvalue weighted by molar-refractivity contribution is 7.09. The molecular formula is C16H20N2S. The van der Waals surface area contributed by atoms with E-state index in [0.29, 0.717) is 12.0 Å². The maximum absolute atomic E-state index is 4.38. The summed E-state index contributed by atoms with van der Waals surface area (Å²) in [6.45, 7) is 3.26. The molecule has 0 fully saturated rings. The minimum Gasteiger partial charge on any atom is -0.308 e.